The lowest BCUT2D eigenvalue weighted by Crippen LogP contribution is -2.38. The number of thiocarbonyl (C=S) groups is 1. The van der Waals surface area contributed by atoms with Crippen LogP contribution in [-0.2, 0) is 9.47 Å². The molecule has 1 aromatic carbocycles. The number of ether oxygens (including phenoxy) is 2. The molecule has 188 valence electrons. The number of furan rings is 1. The number of esters is 1. The number of rotatable bonds is 8. The van der Waals surface area contributed by atoms with Crippen LogP contribution in [-0.4, -0.2) is 72.4 Å². The quantitative estimate of drug-likeness (QED) is 0.362. The minimum absolute atomic E-state index is 0.156. The van der Waals surface area contributed by atoms with Crippen molar-refractivity contribution in [2.24, 2.45) is 0 Å². The molecule has 2 aliphatic rings. The van der Waals surface area contributed by atoms with Crippen molar-refractivity contribution in [1.82, 2.24) is 20.1 Å². The van der Waals surface area contributed by atoms with Gasteiger partial charge in [0.2, 0.25) is 0 Å². The minimum atomic E-state index is -0.400. The molecule has 2 saturated heterocycles. The number of carbonyl (C=O) groups excluding carboxylic acids is 1. The number of benzene rings is 1. The van der Waals surface area contributed by atoms with E-state index in [0.717, 1.165) is 57.3 Å². The molecule has 2 aliphatic heterocycles. The fourth-order valence-electron chi connectivity index (χ4n) is 4.89. The molecule has 0 spiro atoms. The summed E-state index contributed by atoms with van der Waals surface area (Å²) in [6.45, 7) is 5.27. The summed E-state index contributed by atoms with van der Waals surface area (Å²) >= 11 is 5.79. The summed E-state index contributed by atoms with van der Waals surface area (Å²) in [6, 6.07) is 16.7. The zero-order valence-corrected chi connectivity index (χ0v) is 21.1. The van der Waals surface area contributed by atoms with Gasteiger partial charge < -0.3 is 24.1 Å². The molecule has 0 aliphatic carbocycles. The summed E-state index contributed by atoms with van der Waals surface area (Å²) < 4.78 is 16.9. The summed E-state index contributed by atoms with van der Waals surface area (Å²) in [5.74, 6) is 0.972. The average Bonchev–Trinajstić information content (AvgIpc) is 3.54. The fourth-order valence-corrected chi connectivity index (χ4v) is 5.22. The average molecular weight is 507 g/mol. The van der Waals surface area contributed by atoms with Crippen molar-refractivity contribution < 1.29 is 18.7 Å². The van der Waals surface area contributed by atoms with Crippen LogP contribution in [0.15, 0.2) is 65.2 Å². The van der Waals surface area contributed by atoms with Crippen molar-refractivity contribution in [3.05, 3.63) is 77.8 Å². The number of pyridine rings is 1. The SMILES string of the molecule is COC(=O)c1ccccc1-c1ccc([C@@H]2[C@@H](c3ccccn3)NC(=S)N2CCCN2CCOCC2)o1. The fraction of sp³-hybridized carbons (Fsp3) is 0.370. The molecule has 9 heteroatoms. The first-order valence-electron chi connectivity index (χ1n) is 12.2. The highest BCUT2D eigenvalue weighted by atomic mass is 32.1. The summed E-state index contributed by atoms with van der Waals surface area (Å²) in [5, 5.41) is 4.16. The number of aromatic nitrogens is 1. The molecule has 2 aromatic heterocycles. The Bertz CT molecular complexity index is 1200. The first-order chi connectivity index (χ1) is 17.7. The minimum Gasteiger partial charge on any atom is -0.465 e. The number of morpholine rings is 1. The molecular weight excluding hydrogens is 476 g/mol. The van der Waals surface area contributed by atoms with Gasteiger partial charge in [0.15, 0.2) is 5.11 Å². The van der Waals surface area contributed by atoms with E-state index in [0.29, 0.717) is 22.0 Å². The largest absolute Gasteiger partial charge is 0.465 e. The zero-order chi connectivity index (χ0) is 24.9. The molecule has 2 fully saturated rings. The van der Waals surface area contributed by atoms with Crippen molar-refractivity contribution in [2.45, 2.75) is 18.5 Å². The second kappa shape index (κ2) is 11.2. The van der Waals surface area contributed by atoms with E-state index in [1.54, 1.807) is 12.3 Å². The summed E-state index contributed by atoms with van der Waals surface area (Å²) in [4.78, 5) is 21.6. The van der Waals surface area contributed by atoms with E-state index in [-0.39, 0.29) is 12.1 Å². The van der Waals surface area contributed by atoms with Crippen LogP contribution in [0.4, 0.5) is 0 Å². The Morgan fingerprint density at radius 3 is 2.69 bits per heavy atom. The van der Waals surface area contributed by atoms with Crippen LogP contribution in [0.5, 0.6) is 0 Å². The molecule has 5 rings (SSSR count). The normalized spacial score (nSPS) is 20.4. The van der Waals surface area contributed by atoms with Gasteiger partial charge in [-0.15, -0.1) is 0 Å². The van der Waals surface area contributed by atoms with Gasteiger partial charge in [0.05, 0.1) is 37.6 Å². The Balaban J connectivity index is 1.43. The number of hydrogen-bond acceptors (Lipinski definition) is 7. The van der Waals surface area contributed by atoms with Crippen LogP contribution in [0.3, 0.4) is 0 Å². The van der Waals surface area contributed by atoms with E-state index in [9.17, 15) is 4.79 Å². The lowest BCUT2D eigenvalue weighted by molar-refractivity contribution is 0.0365. The number of nitrogens with one attached hydrogen (secondary N) is 1. The molecule has 2 atom stereocenters. The van der Waals surface area contributed by atoms with E-state index in [4.69, 9.17) is 26.1 Å². The third kappa shape index (κ3) is 5.13. The monoisotopic (exact) mass is 506 g/mol. The molecule has 4 heterocycles. The van der Waals surface area contributed by atoms with Crippen molar-refractivity contribution in [2.75, 3.05) is 46.5 Å². The van der Waals surface area contributed by atoms with Gasteiger partial charge in [-0.25, -0.2) is 4.79 Å². The van der Waals surface area contributed by atoms with Gasteiger partial charge in [-0.1, -0.05) is 24.3 Å². The van der Waals surface area contributed by atoms with Crippen LogP contribution < -0.4 is 5.32 Å². The highest BCUT2D eigenvalue weighted by Crippen LogP contribution is 2.40. The van der Waals surface area contributed by atoms with Gasteiger partial charge in [-0.3, -0.25) is 9.88 Å². The maximum atomic E-state index is 12.3. The second-order valence-electron chi connectivity index (χ2n) is 8.87. The Hall–Kier alpha value is -3.27. The molecule has 1 N–H and O–H groups in total. The number of carbonyl (C=O) groups is 1. The van der Waals surface area contributed by atoms with Crippen LogP contribution in [0.25, 0.3) is 11.3 Å². The van der Waals surface area contributed by atoms with E-state index in [1.807, 2.05) is 48.5 Å². The van der Waals surface area contributed by atoms with Gasteiger partial charge >= 0.3 is 5.97 Å². The summed E-state index contributed by atoms with van der Waals surface area (Å²) in [7, 11) is 1.38. The molecule has 0 unspecified atom stereocenters. The second-order valence-corrected chi connectivity index (χ2v) is 9.25. The number of hydrogen-bond donors (Lipinski definition) is 1. The molecule has 0 bridgehead atoms. The lowest BCUT2D eigenvalue weighted by Gasteiger charge is -2.29. The van der Waals surface area contributed by atoms with Crippen LogP contribution in [0.2, 0.25) is 0 Å². The summed E-state index contributed by atoms with van der Waals surface area (Å²) in [5.41, 5.74) is 2.05. The third-order valence-electron chi connectivity index (χ3n) is 6.69. The highest BCUT2D eigenvalue weighted by molar-refractivity contribution is 7.80. The van der Waals surface area contributed by atoms with Gasteiger partial charge in [0, 0.05) is 37.9 Å². The number of methoxy groups -OCH3 is 1. The standard InChI is InChI=1S/C27H30N4O4S/c1-33-26(32)20-8-3-2-7-19(20)22-10-11-23(35-22)25-24(21-9-4-5-12-28-21)29-27(36)31(25)14-6-13-30-15-17-34-18-16-30/h2-5,7-12,24-25H,6,13-18H2,1H3,(H,29,36)/t24-,25-/m1/s1. The Labute approximate surface area is 216 Å². The smallest absolute Gasteiger partial charge is 0.338 e. The van der Waals surface area contributed by atoms with E-state index >= 15 is 0 Å². The van der Waals surface area contributed by atoms with E-state index in [2.05, 4.69) is 20.1 Å². The van der Waals surface area contributed by atoms with Crippen molar-refractivity contribution >= 4 is 23.3 Å². The lowest BCUT2D eigenvalue weighted by atomic mass is 10.0. The predicted molar refractivity (Wildman–Crippen MR) is 140 cm³/mol. The number of nitrogens with zero attached hydrogens (tertiary/aromatic N) is 3. The maximum absolute atomic E-state index is 12.3. The van der Waals surface area contributed by atoms with Crippen LogP contribution in [0.1, 0.15) is 40.3 Å². The van der Waals surface area contributed by atoms with E-state index in [1.165, 1.54) is 7.11 Å². The molecule has 3 aromatic rings. The van der Waals surface area contributed by atoms with Gasteiger partial charge in [0.25, 0.3) is 0 Å². The van der Waals surface area contributed by atoms with Gasteiger partial charge in [-0.05, 0) is 49.0 Å². The van der Waals surface area contributed by atoms with Gasteiger partial charge in [0.1, 0.15) is 17.6 Å². The van der Waals surface area contributed by atoms with Crippen molar-refractivity contribution in [3.63, 3.8) is 0 Å². The van der Waals surface area contributed by atoms with Crippen LogP contribution in [0, 0.1) is 0 Å². The Kier molecular flexibility index (Phi) is 7.60. The summed E-state index contributed by atoms with van der Waals surface area (Å²) in [6.07, 6.45) is 2.75. The molecule has 0 saturated carbocycles. The van der Waals surface area contributed by atoms with Crippen molar-refractivity contribution in [1.29, 1.82) is 0 Å². The Morgan fingerprint density at radius 2 is 1.92 bits per heavy atom. The first kappa shape index (κ1) is 24.4. The molecular formula is C27H30N4O4S. The van der Waals surface area contributed by atoms with Crippen molar-refractivity contribution in [3.8, 4) is 11.3 Å². The highest BCUT2D eigenvalue weighted by Gasteiger charge is 2.41. The van der Waals surface area contributed by atoms with E-state index < -0.39 is 5.97 Å². The Morgan fingerprint density at radius 1 is 1.11 bits per heavy atom. The predicted octanol–water partition coefficient (Wildman–Crippen LogP) is 3.82. The third-order valence-corrected chi connectivity index (χ3v) is 7.04. The molecule has 0 amide bonds. The first-order valence-corrected chi connectivity index (χ1v) is 12.6. The molecule has 8 nitrogen and oxygen atoms in total. The molecule has 0 radical (unpaired) electrons. The topological polar surface area (TPSA) is 80.1 Å². The zero-order valence-electron chi connectivity index (χ0n) is 20.3. The molecule has 36 heavy (non-hydrogen) atoms. The maximum Gasteiger partial charge on any atom is 0.338 e. The van der Waals surface area contributed by atoms with Crippen LogP contribution >= 0.6 is 12.2 Å². The van der Waals surface area contributed by atoms with Gasteiger partial charge in [-0.2, -0.15) is 0 Å².